The number of nitrogens with one attached hydrogen (secondary N) is 2. The van der Waals surface area contributed by atoms with E-state index in [1.54, 1.807) is 14.0 Å². The molecule has 0 unspecified atom stereocenters. The van der Waals surface area contributed by atoms with Crippen LogP contribution in [-0.2, 0) is 20.9 Å². The van der Waals surface area contributed by atoms with Crippen molar-refractivity contribution in [2.75, 3.05) is 13.7 Å². The summed E-state index contributed by atoms with van der Waals surface area (Å²) in [6, 6.07) is 7.31. The maximum atomic E-state index is 12.2. The van der Waals surface area contributed by atoms with E-state index in [-0.39, 0.29) is 37.0 Å². The number of amides is 2. The number of carbonyl (C=O) groups excluding carboxylic acids is 2. The topological polar surface area (TPSA) is 96.9 Å². The maximum Gasteiger partial charge on any atom is 0.222 e. The number of methoxy groups -OCH3 is 1. The van der Waals surface area contributed by atoms with Gasteiger partial charge in [0.2, 0.25) is 11.8 Å². The Hall–Kier alpha value is -2.12. The molecule has 0 spiro atoms. The molecule has 7 nitrogen and oxygen atoms in total. The SMILES string of the molecule is CCC(=O)N[C@H]1CC[C@H](CC(=O)NCc2ccccc2OC)O[C@H]1CO. The molecule has 2 amide bonds. The van der Waals surface area contributed by atoms with Gasteiger partial charge in [-0.3, -0.25) is 9.59 Å². The van der Waals surface area contributed by atoms with E-state index in [0.29, 0.717) is 25.8 Å². The number of hydrogen-bond donors (Lipinski definition) is 3. The largest absolute Gasteiger partial charge is 0.496 e. The zero-order valence-electron chi connectivity index (χ0n) is 15.4. The minimum atomic E-state index is -0.480. The highest BCUT2D eigenvalue weighted by Gasteiger charge is 2.32. The van der Waals surface area contributed by atoms with Crippen molar-refractivity contribution in [3.05, 3.63) is 29.8 Å². The molecule has 0 aromatic heterocycles. The van der Waals surface area contributed by atoms with Crippen LogP contribution >= 0.6 is 0 Å². The van der Waals surface area contributed by atoms with Gasteiger partial charge < -0.3 is 25.2 Å². The lowest BCUT2D eigenvalue weighted by Crippen LogP contribution is -2.51. The first kappa shape index (κ1) is 20.2. The van der Waals surface area contributed by atoms with Gasteiger partial charge in [-0.2, -0.15) is 0 Å². The number of aliphatic hydroxyl groups is 1. The van der Waals surface area contributed by atoms with E-state index >= 15 is 0 Å². The van der Waals surface area contributed by atoms with Crippen molar-refractivity contribution in [3.63, 3.8) is 0 Å². The van der Waals surface area contributed by atoms with E-state index in [2.05, 4.69) is 10.6 Å². The second-order valence-electron chi connectivity index (χ2n) is 6.38. The highest BCUT2D eigenvalue weighted by molar-refractivity contribution is 5.77. The monoisotopic (exact) mass is 364 g/mol. The second-order valence-corrected chi connectivity index (χ2v) is 6.38. The van der Waals surface area contributed by atoms with Crippen LogP contribution < -0.4 is 15.4 Å². The molecular formula is C19H28N2O5. The summed E-state index contributed by atoms with van der Waals surface area (Å²) in [4.78, 5) is 23.8. The highest BCUT2D eigenvalue weighted by Crippen LogP contribution is 2.22. The van der Waals surface area contributed by atoms with Crippen molar-refractivity contribution < 1.29 is 24.2 Å². The molecule has 3 atom stereocenters. The van der Waals surface area contributed by atoms with Crippen molar-refractivity contribution in [3.8, 4) is 5.75 Å². The number of carbonyl (C=O) groups is 2. The number of benzene rings is 1. The molecule has 3 N–H and O–H groups in total. The lowest BCUT2D eigenvalue weighted by atomic mass is 9.96. The second kappa shape index (κ2) is 10.1. The molecule has 0 bridgehead atoms. The van der Waals surface area contributed by atoms with E-state index in [0.717, 1.165) is 11.3 Å². The number of aliphatic hydroxyl groups excluding tert-OH is 1. The fourth-order valence-corrected chi connectivity index (χ4v) is 3.08. The molecule has 0 radical (unpaired) electrons. The van der Waals surface area contributed by atoms with Crippen molar-refractivity contribution in [2.24, 2.45) is 0 Å². The molecule has 1 saturated heterocycles. The van der Waals surface area contributed by atoms with Gasteiger partial charge in [-0.15, -0.1) is 0 Å². The molecule has 1 aliphatic heterocycles. The fraction of sp³-hybridized carbons (Fsp3) is 0.579. The smallest absolute Gasteiger partial charge is 0.222 e. The van der Waals surface area contributed by atoms with Gasteiger partial charge in [0.15, 0.2) is 0 Å². The Bertz CT molecular complexity index is 607. The normalized spacial score (nSPS) is 22.5. The Balaban J connectivity index is 1.81. The Morgan fingerprint density at radius 2 is 2.04 bits per heavy atom. The van der Waals surface area contributed by atoms with Crippen LogP contribution in [-0.4, -0.2) is 48.9 Å². The molecule has 1 aromatic rings. The average Bonchev–Trinajstić information content (AvgIpc) is 2.67. The average molecular weight is 364 g/mol. The van der Waals surface area contributed by atoms with Gasteiger partial charge in [0, 0.05) is 18.5 Å². The van der Waals surface area contributed by atoms with Crippen molar-refractivity contribution in [1.82, 2.24) is 10.6 Å². The molecule has 2 rings (SSSR count). The van der Waals surface area contributed by atoms with Crippen LogP contribution in [0.1, 0.15) is 38.2 Å². The van der Waals surface area contributed by atoms with Gasteiger partial charge in [0.25, 0.3) is 0 Å². The summed E-state index contributed by atoms with van der Waals surface area (Å²) >= 11 is 0. The van der Waals surface area contributed by atoms with Crippen LogP contribution in [0.2, 0.25) is 0 Å². The van der Waals surface area contributed by atoms with Crippen LogP contribution in [0.3, 0.4) is 0 Å². The third-order valence-corrected chi connectivity index (χ3v) is 4.54. The fourth-order valence-electron chi connectivity index (χ4n) is 3.08. The van der Waals surface area contributed by atoms with Gasteiger partial charge in [0.1, 0.15) is 11.9 Å². The van der Waals surface area contributed by atoms with Gasteiger partial charge in [0.05, 0.1) is 32.3 Å². The zero-order valence-corrected chi connectivity index (χ0v) is 15.4. The molecule has 0 saturated carbocycles. The number of para-hydroxylation sites is 1. The van der Waals surface area contributed by atoms with Crippen LogP contribution in [0.25, 0.3) is 0 Å². The number of ether oxygens (including phenoxy) is 2. The molecule has 1 aliphatic rings. The van der Waals surface area contributed by atoms with Crippen LogP contribution in [0.15, 0.2) is 24.3 Å². The van der Waals surface area contributed by atoms with E-state index in [4.69, 9.17) is 9.47 Å². The summed E-state index contributed by atoms with van der Waals surface area (Å²) in [5.41, 5.74) is 0.906. The van der Waals surface area contributed by atoms with E-state index < -0.39 is 6.10 Å². The lowest BCUT2D eigenvalue weighted by Gasteiger charge is -2.36. The van der Waals surface area contributed by atoms with Crippen molar-refractivity contribution in [2.45, 2.75) is 57.4 Å². The standard InChI is InChI=1S/C19H28N2O5/c1-3-18(23)21-15-9-8-14(26-17(15)12-22)10-19(24)20-11-13-6-4-5-7-16(13)25-2/h4-7,14-15,17,22H,3,8-12H2,1-2H3,(H,20,24)(H,21,23)/t14-,15+,17+/m1/s1. The first-order valence-electron chi connectivity index (χ1n) is 9.01. The minimum Gasteiger partial charge on any atom is -0.496 e. The van der Waals surface area contributed by atoms with Gasteiger partial charge in [-0.05, 0) is 18.9 Å². The van der Waals surface area contributed by atoms with Crippen molar-refractivity contribution in [1.29, 1.82) is 0 Å². The van der Waals surface area contributed by atoms with Gasteiger partial charge >= 0.3 is 0 Å². The van der Waals surface area contributed by atoms with Gasteiger partial charge in [-0.25, -0.2) is 0 Å². The minimum absolute atomic E-state index is 0.0648. The number of hydrogen-bond acceptors (Lipinski definition) is 5. The summed E-state index contributed by atoms with van der Waals surface area (Å²) in [6.45, 7) is 1.98. The van der Waals surface area contributed by atoms with Crippen LogP contribution in [0.5, 0.6) is 5.75 Å². The third-order valence-electron chi connectivity index (χ3n) is 4.54. The quantitative estimate of drug-likeness (QED) is 0.643. The molecule has 1 heterocycles. The predicted octanol–water partition coefficient (Wildman–Crippen LogP) is 1.14. The summed E-state index contributed by atoms with van der Waals surface area (Å²) in [7, 11) is 1.60. The maximum absolute atomic E-state index is 12.2. The summed E-state index contributed by atoms with van der Waals surface area (Å²) < 4.78 is 11.1. The van der Waals surface area contributed by atoms with Crippen LogP contribution in [0, 0.1) is 0 Å². The van der Waals surface area contributed by atoms with E-state index in [1.165, 1.54) is 0 Å². The molecule has 26 heavy (non-hydrogen) atoms. The Labute approximate surface area is 154 Å². The number of rotatable bonds is 8. The van der Waals surface area contributed by atoms with Crippen LogP contribution in [0.4, 0.5) is 0 Å². The Morgan fingerprint density at radius 1 is 1.27 bits per heavy atom. The molecule has 0 aliphatic carbocycles. The zero-order chi connectivity index (χ0) is 18.9. The predicted molar refractivity (Wildman–Crippen MR) is 96.7 cm³/mol. The first-order chi connectivity index (χ1) is 12.6. The molecule has 1 aromatic carbocycles. The summed E-state index contributed by atoms with van der Waals surface area (Å²) in [6.07, 6.45) is 1.21. The van der Waals surface area contributed by atoms with E-state index in [9.17, 15) is 14.7 Å². The molecular weight excluding hydrogens is 336 g/mol. The van der Waals surface area contributed by atoms with E-state index in [1.807, 2.05) is 24.3 Å². The van der Waals surface area contributed by atoms with Gasteiger partial charge in [-0.1, -0.05) is 25.1 Å². The Kier molecular flexibility index (Phi) is 7.87. The van der Waals surface area contributed by atoms with Crippen molar-refractivity contribution >= 4 is 11.8 Å². The lowest BCUT2D eigenvalue weighted by molar-refractivity contribution is -0.135. The third kappa shape index (κ3) is 5.71. The first-order valence-corrected chi connectivity index (χ1v) is 9.01. The molecule has 144 valence electrons. The molecule has 7 heteroatoms. The molecule has 1 fully saturated rings. The summed E-state index contributed by atoms with van der Waals surface area (Å²) in [5.74, 6) is 0.551. The highest BCUT2D eigenvalue weighted by atomic mass is 16.5. The summed E-state index contributed by atoms with van der Waals surface area (Å²) in [5, 5.41) is 15.3. The Morgan fingerprint density at radius 3 is 2.73 bits per heavy atom.